The van der Waals surface area contributed by atoms with E-state index in [1.807, 2.05) is 24.3 Å². The Balaban J connectivity index is 1.38. The van der Waals surface area contributed by atoms with Crippen molar-refractivity contribution in [3.63, 3.8) is 0 Å². The fourth-order valence-corrected chi connectivity index (χ4v) is 4.76. The number of nitrogens with zero attached hydrogens (tertiary/aromatic N) is 2. The fourth-order valence-electron chi connectivity index (χ4n) is 3.87. The highest BCUT2D eigenvalue weighted by Gasteiger charge is 2.49. The van der Waals surface area contributed by atoms with Crippen LogP contribution in [0.1, 0.15) is 53.9 Å². The molecule has 3 aromatic rings. The van der Waals surface area contributed by atoms with Crippen molar-refractivity contribution >= 4 is 27.6 Å². The number of halogens is 4. The second kappa shape index (κ2) is 11.2. The molecule has 38 heavy (non-hydrogen) atoms. The molecule has 1 fully saturated rings. The Morgan fingerprint density at radius 3 is 2.47 bits per heavy atom. The summed E-state index contributed by atoms with van der Waals surface area (Å²) in [5, 5.41) is 5.92. The normalized spacial score (nSPS) is 14.8. The predicted molar refractivity (Wildman–Crippen MR) is 130 cm³/mol. The van der Waals surface area contributed by atoms with Gasteiger partial charge >= 0.3 is 27.4 Å². The molecule has 0 aliphatic heterocycles. The third-order valence-electron chi connectivity index (χ3n) is 5.82. The molecule has 1 saturated carbocycles. The van der Waals surface area contributed by atoms with E-state index in [0.717, 1.165) is 30.2 Å². The maximum atomic E-state index is 12.6. The molecule has 9 nitrogen and oxygen atoms in total. The van der Waals surface area contributed by atoms with E-state index in [-0.39, 0.29) is 35.5 Å². The summed E-state index contributed by atoms with van der Waals surface area (Å²) in [6.45, 7) is 1.47. The molecule has 2 aromatic carbocycles. The molecule has 0 atom stereocenters. The molecule has 1 amide bonds. The molecule has 0 unspecified atom stereocenters. The standard InChI is InChI=1S/C24H23ClF3N3O6S/c1-14-11-16(12-19(25)20(14)37-38(33,34)24(26,27)28)21-30-23(36-31-21)22(32)29-13-15-7-9-18(10-8-15)35-17-5-3-2-4-6-17/h7-12,17H,2-6,13H2,1H3,(H,29,32). The average molecular weight is 574 g/mol. The Morgan fingerprint density at radius 2 is 1.84 bits per heavy atom. The van der Waals surface area contributed by atoms with Crippen molar-refractivity contribution in [3.05, 3.63) is 58.4 Å². The third kappa shape index (κ3) is 6.57. The van der Waals surface area contributed by atoms with Gasteiger partial charge in [-0.2, -0.15) is 26.6 Å². The quantitative estimate of drug-likeness (QED) is 0.274. The molecule has 0 spiro atoms. The lowest BCUT2D eigenvalue weighted by Crippen LogP contribution is -2.28. The molecule has 204 valence electrons. The number of nitrogens with one attached hydrogen (secondary N) is 1. The molecule has 1 aliphatic rings. The van der Waals surface area contributed by atoms with Crippen LogP contribution in [-0.2, 0) is 16.7 Å². The monoisotopic (exact) mass is 573 g/mol. The van der Waals surface area contributed by atoms with E-state index in [1.54, 1.807) is 0 Å². The van der Waals surface area contributed by atoms with Crippen LogP contribution in [0.4, 0.5) is 13.2 Å². The van der Waals surface area contributed by atoms with Crippen LogP contribution in [0.25, 0.3) is 11.4 Å². The second-order valence-corrected chi connectivity index (χ2v) is 10.7. The molecule has 1 aromatic heterocycles. The number of carbonyl (C=O) groups is 1. The summed E-state index contributed by atoms with van der Waals surface area (Å²) in [7, 11) is -5.91. The zero-order valence-corrected chi connectivity index (χ0v) is 21.6. The number of benzene rings is 2. The van der Waals surface area contributed by atoms with Crippen LogP contribution in [0.15, 0.2) is 40.9 Å². The number of hydrogen-bond acceptors (Lipinski definition) is 8. The number of rotatable bonds is 8. The van der Waals surface area contributed by atoms with Crippen molar-refractivity contribution in [2.45, 2.75) is 57.2 Å². The number of aryl methyl sites for hydroxylation is 1. The van der Waals surface area contributed by atoms with Gasteiger partial charge in [0.25, 0.3) is 0 Å². The van der Waals surface area contributed by atoms with Crippen molar-refractivity contribution in [1.29, 1.82) is 0 Å². The number of hydrogen-bond donors (Lipinski definition) is 1. The first-order valence-corrected chi connectivity index (χ1v) is 13.4. The summed E-state index contributed by atoms with van der Waals surface area (Å²) in [6, 6.07) is 9.71. The molecule has 4 rings (SSSR count). The minimum absolute atomic E-state index is 0.0351. The Morgan fingerprint density at radius 1 is 1.16 bits per heavy atom. The number of ether oxygens (including phenoxy) is 1. The SMILES string of the molecule is Cc1cc(-c2noc(C(=O)NCc3ccc(OC4CCCCC4)cc3)n2)cc(Cl)c1OS(=O)(=O)C(F)(F)F. The Labute approximate surface area is 221 Å². The lowest BCUT2D eigenvalue weighted by Gasteiger charge is -2.23. The van der Waals surface area contributed by atoms with E-state index in [2.05, 4.69) is 19.6 Å². The highest BCUT2D eigenvalue weighted by atomic mass is 35.5. The van der Waals surface area contributed by atoms with Crippen LogP contribution in [0.2, 0.25) is 5.02 Å². The fraction of sp³-hybridized carbons (Fsp3) is 0.375. The van der Waals surface area contributed by atoms with Gasteiger partial charge in [0, 0.05) is 12.1 Å². The van der Waals surface area contributed by atoms with Gasteiger partial charge in [0.1, 0.15) is 5.75 Å². The molecule has 14 heteroatoms. The number of aromatic nitrogens is 2. The molecule has 0 bridgehead atoms. The van der Waals surface area contributed by atoms with Gasteiger partial charge in [0.2, 0.25) is 5.82 Å². The second-order valence-electron chi connectivity index (χ2n) is 8.71. The first-order chi connectivity index (χ1) is 17.9. The number of alkyl halides is 3. The van der Waals surface area contributed by atoms with Crippen molar-refractivity contribution < 1.29 is 39.8 Å². The van der Waals surface area contributed by atoms with Crippen LogP contribution >= 0.6 is 11.6 Å². The molecule has 0 radical (unpaired) electrons. The molecule has 1 aliphatic carbocycles. The summed E-state index contributed by atoms with van der Waals surface area (Å²) in [6.07, 6.45) is 5.92. The van der Waals surface area contributed by atoms with Crippen molar-refractivity contribution in [2.75, 3.05) is 0 Å². The predicted octanol–water partition coefficient (Wildman–Crippen LogP) is 5.57. The van der Waals surface area contributed by atoms with Gasteiger partial charge in [-0.3, -0.25) is 4.79 Å². The van der Waals surface area contributed by atoms with Gasteiger partial charge in [-0.25, -0.2) is 0 Å². The minimum Gasteiger partial charge on any atom is -0.490 e. The van der Waals surface area contributed by atoms with E-state index < -0.39 is 32.3 Å². The minimum atomic E-state index is -5.91. The van der Waals surface area contributed by atoms with Crippen LogP contribution in [-0.4, -0.2) is 36.1 Å². The van der Waals surface area contributed by atoms with E-state index in [4.69, 9.17) is 20.9 Å². The summed E-state index contributed by atoms with van der Waals surface area (Å²) in [5.74, 6) is -1.01. The Hall–Kier alpha value is -3.32. The lowest BCUT2D eigenvalue weighted by molar-refractivity contribution is -0.0500. The molecule has 0 saturated heterocycles. The lowest BCUT2D eigenvalue weighted by atomic mass is 9.98. The summed E-state index contributed by atoms with van der Waals surface area (Å²) >= 11 is 5.96. The highest BCUT2D eigenvalue weighted by molar-refractivity contribution is 7.88. The average Bonchev–Trinajstić information content (AvgIpc) is 3.36. The maximum Gasteiger partial charge on any atom is 0.534 e. The van der Waals surface area contributed by atoms with Gasteiger partial charge in [-0.1, -0.05) is 35.3 Å². The topological polar surface area (TPSA) is 121 Å². The smallest absolute Gasteiger partial charge is 0.490 e. The molecule has 1 heterocycles. The van der Waals surface area contributed by atoms with Gasteiger partial charge < -0.3 is 18.8 Å². The van der Waals surface area contributed by atoms with Gasteiger partial charge in [-0.15, -0.1) is 0 Å². The first-order valence-electron chi connectivity index (χ1n) is 11.6. The number of amides is 1. The first kappa shape index (κ1) is 27.7. The van der Waals surface area contributed by atoms with Crippen molar-refractivity contribution in [3.8, 4) is 22.9 Å². The molecular weight excluding hydrogens is 551 g/mol. The zero-order valence-electron chi connectivity index (χ0n) is 20.0. The van der Waals surface area contributed by atoms with E-state index in [0.29, 0.717) is 0 Å². The highest BCUT2D eigenvalue weighted by Crippen LogP contribution is 2.36. The molecule has 1 N–H and O–H groups in total. The van der Waals surface area contributed by atoms with E-state index >= 15 is 0 Å². The summed E-state index contributed by atoms with van der Waals surface area (Å²) in [4.78, 5) is 16.5. The molecular formula is C24H23ClF3N3O6S. The van der Waals surface area contributed by atoms with Crippen molar-refractivity contribution in [2.24, 2.45) is 0 Å². The van der Waals surface area contributed by atoms with Crippen LogP contribution in [0.5, 0.6) is 11.5 Å². The van der Waals surface area contributed by atoms with E-state index in [1.165, 1.54) is 32.3 Å². The maximum absolute atomic E-state index is 12.6. The van der Waals surface area contributed by atoms with Crippen molar-refractivity contribution in [1.82, 2.24) is 15.5 Å². The largest absolute Gasteiger partial charge is 0.534 e. The van der Waals surface area contributed by atoms with Crippen LogP contribution < -0.4 is 14.2 Å². The van der Waals surface area contributed by atoms with Crippen LogP contribution in [0.3, 0.4) is 0 Å². The summed E-state index contributed by atoms with van der Waals surface area (Å²) in [5.41, 5.74) is -4.67. The summed E-state index contributed by atoms with van der Waals surface area (Å²) < 4.78 is 75.7. The van der Waals surface area contributed by atoms with Gasteiger partial charge in [0.15, 0.2) is 5.75 Å². The Bertz CT molecular complexity index is 1380. The van der Waals surface area contributed by atoms with Crippen LogP contribution in [0, 0.1) is 6.92 Å². The van der Waals surface area contributed by atoms with Gasteiger partial charge in [0.05, 0.1) is 11.1 Å². The van der Waals surface area contributed by atoms with E-state index in [9.17, 15) is 26.4 Å². The third-order valence-corrected chi connectivity index (χ3v) is 7.05. The Kier molecular flexibility index (Phi) is 8.16. The zero-order chi connectivity index (χ0) is 27.5. The van der Waals surface area contributed by atoms with Gasteiger partial charge in [-0.05, 0) is 68.0 Å². The number of carbonyl (C=O) groups excluding carboxylic acids is 1.